The zero-order chi connectivity index (χ0) is 13.2. The van der Waals surface area contributed by atoms with Crippen molar-refractivity contribution in [1.82, 2.24) is 10.2 Å². The van der Waals surface area contributed by atoms with Gasteiger partial charge in [0.1, 0.15) is 0 Å². The van der Waals surface area contributed by atoms with Crippen molar-refractivity contribution in [3.63, 3.8) is 0 Å². The quantitative estimate of drug-likeness (QED) is 0.802. The smallest absolute Gasteiger partial charge is 0.317 e. The third-order valence-electron chi connectivity index (χ3n) is 4.27. The van der Waals surface area contributed by atoms with E-state index in [0.29, 0.717) is 18.8 Å². The number of carbonyl (C=O) groups is 2. The molecule has 0 spiro atoms. The molecule has 2 aliphatic rings. The van der Waals surface area contributed by atoms with Crippen molar-refractivity contribution in [2.45, 2.75) is 39.0 Å². The Balaban J connectivity index is 1.79. The second-order valence-electron chi connectivity index (χ2n) is 5.61. The average molecular weight is 254 g/mol. The normalized spacial score (nSPS) is 25.6. The lowest BCUT2D eigenvalue weighted by atomic mass is 9.96. The standard InChI is InChI=1S/C13H22N2O3/c1-2-10-4-3-7-15(8-10)12(18)14-9-13(5-6-13)11(16)17/h10H,2-9H2,1H3,(H,14,18)(H,16,17). The molecule has 102 valence electrons. The van der Waals surface area contributed by atoms with Crippen molar-refractivity contribution >= 4 is 12.0 Å². The predicted octanol–water partition coefficient (Wildman–Crippen LogP) is 1.68. The van der Waals surface area contributed by atoms with Gasteiger partial charge in [-0.25, -0.2) is 4.79 Å². The molecule has 1 unspecified atom stereocenters. The molecule has 1 saturated carbocycles. The molecule has 1 aliphatic heterocycles. The van der Waals surface area contributed by atoms with Crippen LogP contribution in [0.25, 0.3) is 0 Å². The van der Waals surface area contributed by atoms with Gasteiger partial charge >= 0.3 is 12.0 Å². The summed E-state index contributed by atoms with van der Waals surface area (Å²) >= 11 is 0. The van der Waals surface area contributed by atoms with Crippen LogP contribution >= 0.6 is 0 Å². The molecule has 1 saturated heterocycles. The monoisotopic (exact) mass is 254 g/mol. The van der Waals surface area contributed by atoms with E-state index in [0.717, 1.165) is 25.9 Å². The van der Waals surface area contributed by atoms with Gasteiger partial charge in [-0.15, -0.1) is 0 Å². The number of piperidine rings is 1. The largest absolute Gasteiger partial charge is 0.481 e. The van der Waals surface area contributed by atoms with Gasteiger partial charge in [0.2, 0.25) is 0 Å². The van der Waals surface area contributed by atoms with Gasteiger partial charge in [-0.1, -0.05) is 13.3 Å². The minimum atomic E-state index is -0.784. The Kier molecular flexibility index (Phi) is 3.78. The van der Waals surface area contributed by atoms with E-state index in [4.69, 9.17) is 5.11 Å². The van der Waals surface area contributed by atoms with E-state index in [1.807, 2.05) is 4.90 Å². The highest BCUT2D eigenvalue weighted by Crippen LogP contribution is 2.45. The minimum absolute atomic E-state index is 0.0966. The lowest BCUT2D eigenvalue weighted by Gasteiger charge is -2.32. The molecule has 0 radical (unpaired) electrons. The highest BCUT2D eigenvalue weighted by atomic mass is 16.4. The summed E-state index contributed by atoms with van der Waals surface area (Å²) in [5.41, 5.74) is -0.671. The van der Waals surface area contributed by atoms with Gasteiger partial charge in [-0.2, -0.15) is 0 Å². The van der Waals surface area contributed by atoms with Crippen LogP contribution in [0.3, 0.4) is 0 Å². The summed E-state index contributed by atoms with van der Waals surface area (Å²) in [6, 6.07) is -0.0966. The summed E-state index contributed by atoms with van der Waals surface area (Å²) < 4.78 is 0. The average Bonchev–Trinajstić information content (AvgIpc) is 3.17. The van der Waals surface area contributed by atoms with Crippen LogP contribution in [-0.2, 0) is 4.79 Å². The Labute approximate surface area is 108 Å². The van der Waals surface area contributed by atoms with Gasteiger partial charge < -0.3 is 15.3 Å². The van der Waals surface area contributed by atoms with Gasteiger partial charge in [-0.3, -0.25) is 4.79 Å². The van der Waals surface area contributed by atoms with Gasteiger partial charge in [0, 0.05) is 19.6 Å². The zero-order valence-corrected chi connectivity index (χ0v) is 10.9. The molecule has 5 nitrogen and oxygen atoms in total. The first-order chi connectivity index (χ1) is 8.57. The Bertz CT molecular complexity index is 339. The molecule has 5 heteroatoms. The number of nitrogens with zero attached hydrogens (tertiary/aromatic N) is 1. The number of hydrogen-bond donors (Lipinski definition) is 2. The zero-order valence-electron chi connectivity index (χ0n) is 10.9. The maximum atomic E-state index is 12.0. The highest BCUT2D eigenvalue weighted by molar-refractivity contribution is 5.80. The first-order valence-electron chi connectivity index (χ1n) is 6.83. The molecular weight excluding hydrogens is 232 g/mol. The molecule has 1 aliphatic carbocycles. The van der Waals surface area contributed by atoms with Crippen molar-refractivity contribution in [2.24, 2.45) is 11.3 Å². The molecule has 2 amide bonds. The number of likely N-dealkylation sites (tertiary alicyclic amines) is 1. The lowest BCUT2D eigenvalue weighted by molar-refractivity contribution is -0.143. The number of rotatable bonds is 4. The SMILES string of the molecule is CCC1CCCN(C(=O)NCC2(C(=O)O)CC2)C1. The van der Waals surface area contributed by atoms with Gasteiger partial charge in [0.25, 0.3) is 0 Å². The molecule has 0 aromatic heterocycles. The molecular formula is C13H22N2O3. The second kappa shape index (κ2) is 5.16. The van der Waals surface area contributed by atoms with Gasteiger partial charge in [0.15, 0.2) is 0 Å². The molecule has 0 bridgehead atoms. The van der Waals surface area contributed by atoms with E-state index >= 15 is 0 Å². The van der Waals surface area contributed by atoms with Crippen LogP contribution in [0.4, 0.5) is 4.79 Å². The third-order valence-corrected chi connectivity index (χ3v) is 4.27. The molecule has 1 atom stereocenters. The maximum Gasteiger partial charge on any atom is 0.317 e. The molecule has 2 rings (SSSR count). The number of hydrogen-bond acceptors (Lipinski definition) is 2. The van der Waals surface area contributed by atoms with E-state index in [1.54, 1.807) is 0 Å². The summed E-state index contributed by atoms with van der Waals surface area (Å²) in [5.74, 6) is -0.188. The van der Waals surface area contributed by atoms with Crippen molar-refractivity contribution in [3.8, 4) is 0 Å². The fourth-order valence-electron chi connectivity index (χ4n) is 2.56. The number of amides is 2. The topological polar surface area (TPSA) is 69.6 Å². The highest BCUT2D eigenvalue weighted by Gasteiger charge is 2.50. The summed E-state index contributed by atoms with van der Waals surface area (Å²) in [4.78, 5) is 24.8. The number of carbonyl (C=O) groups excluding carboxylic acids is 1. The number of nitrogens with one attached hydrogen (secondary N) is 1. The van der Waals surface area contributed by atoms with Gasteiger partial charge in [-0.05, 0) is 31.6 Å². The van der Waals surface area contributed by atoms with Crippen molar-refractivity contribution in [2.75, 3.05) is 19.6 Å². The molecule has 0 aromatic carbocycles. The Hall–Kier alpha value is -1.26. The van der Waals surface area contributed by atoms with E-state index < -0.39 is 11.4 Å². The van der Waals surface area contributed by atoms with E-state index in [2.05, 4.69) is 12.2 Å². The summed E-state index contributed by atoms with van der Waals surface area (Å²) in [7, 11) is 0. The molecule has 2 fully saturated rings. The third kappa shape index (κ3) is 2.76. The lowest BCUT2D eigenvalue weighted by Crippen LogP contribution is -2.47. The van der Waals surface area contributed by atoms with Crippen LogP contribution in [-0.4, -0.2) is 41.6 Å². The summed E-state index contributed by atoms with van der Waals surface area (Å²) in [5, 5.41) is 11.8. The first-order valence-corrected chi connectivity index (χ1v) is 6.83. The molecule has 2 N–H and O–H groups in total. The summed E-state index contributed by atoms with van der Waals surface area (Å²) in [6.07, 6.45) is 4.71. The van der Waals surface area contributed by atoms with Crippen LogP contribution < -0.4 is 5.32 Å². The number of carboxylic acids is 1. The predicted molar refractivity (Wildman–Crippen MR) is 67.3 cm³/mol. The van der Waals surface area contributed by atoms with Crippen molar-refractivity contribution in [1.29, 1.82) is 0 Å². The molecule has 0 aromatic rings. The minimum Gasteiger partial charge on any atom is -0.481 e. The van der Waals surface area contributed by atoms with E-state index in [1.165, 1.54) is 6.42 Å². The Morgan fingerprint density at radius 3 is 2.72 bits per heavy atom. The second-order valence-corrected chi connectivity index (χ2v) is 5.61. The van der Waals surface area contributed by atoms with Crippen LogP contribution in [0.2, 0.25) is 0 Å². The van der Waals surface area contributed by atoms with Gasteiger partial charge in [0.05, 0.1) is 5.41 Å². The van der Waals surface area contributed by atoms with Crippen LogP contribution in [0.1, 0.15) is 39.0 Å². The Morgan fingerprint density at radius 2 is 2.17 bits per heavy atom. The van der Waals surface area contributed by atoms with E-state index in [-0.39, 0.29) is 12.6 Å². The van der Waals surface area contributed by atoms with Crippen LogP contribution in [0.15, 0.2) is 0 Å². The fourth-order valence-corrected chi connectivity index (χ4v) is 2.56. The number of aliphatic carboxylic acids is 1. The maximum absolute atomic E-state index is 12.0. The van der Waals surface area contributed by atoms with Crippen molar-refractivity contribution in [3.05, 3.63) is 0 Å². The fraction of sp³-hybridized carbons (Fsp3) is 0.846. The number of urea groups is 1. The van der Waals surface area contributed by atoms with Crippen molar-refractivity contribution < 1.29 is 14.7 Å². The molecule has 18 heavy (non-hydrogen) atoms. The van der Waals surface area contributed by atoms with E-state index in [9.17, 15) is 9.59 Å². The van der Waals surface area contributed by atoms with Crippen LogP contribution in [0.5, 0.6) is 0 Å². The molecule has 1 heterocycles. The first kappa shape index (κ1) is 13.2. The Morgan fingerprint density at radius 1 is 1.44 bits per heavy atom. The number of carboxylic acid groups (broad SMARTS) is 1. The summed E-state index contributed by atoms with van der Waals surface area (Å²) in [6.45, 7) is 4.02. The van der Waals surface area contributed by atoms with Crippen LogP contribution in [0, 0.1) is 11.3 Å².